The molecule has 1 unspecified atom stereocenters. The Morgan fingerprint density at radius 1 is 1.19 bits per heavy atom. The second-order valence-corrected chi connectivity index (χ2v) is 6.87. The highest BCUT2D eigenvalue weighted by Gasteiger charge is 2.03. The van der Waals surface area contributed by atoms with E-state index in [-0.39, 0.29) is 0 Å². The van der Waals surface area contributed by atoms with E-state index in [1.807, 2.05) is 60.6 Å². The van der Waals surface area contributed by atoms with Gasteiger partial charge in [-0.25, -0.2) is 4.98 Å². The molecule has 6 heteroatoms. The van der Waals surface area contributed by atoms with E-state index in [2.05, 4.69) is 23.2 Å². The minimum atomic E-state index is -0.943. The van der Waals surface area contributed by atoms with Crippen molar-refractivity contribution < 1.29 is 8.63 Å². The van der Waals surface area contributed by atoms with Crippen LogP contribution in [0.4, 0.5) is 0 Å². The molecule has 0 N–H and O–H groups in total. The number of rotatable bonds is 6. The Morgan fingerprint density at radius 2 is 1.88 bits per heavy atom. The molecule has 1 atom stereocenters. The third kappa shape index (κ3) is 5.39. The molecule has 0 saturated carbocycles. The fourth-order valence-electron chi connectivity index (χ4n) is 2.36. The van der Waals surface area contributed by atoms with Gasteiger partial charge in [0.25, 0.3) is 0 Å². The summed E-state index contributed by atoms with van der Waals surface area (Å²) in [5.41, 5.74) is 2.77. The van der Waals surface area contributed by atoms with Crippen LogP contribution in [-0.4, -0.2) is 33.7 Å². The molecule has 0 amide bonds. The summed E-state index contributed by atoms with van der Waals surface area (Å²) in [5.74, 6) is 0.656. The van der Waals surface area contributed by atoms with Crippen molar-refractivity contribution in [2.24, 2.45) is 5.10 Å². The van der Waals surface area contributed by atoms with Gasteiger partial charge >= 0.3 is 0 Å². The van der Waals surface area contributed by atoms with Gasteiger partial charge in [0, 0.05) is 35.2 Å². The van der Waals surface area contributed by atoms with Crippen molar-refractivity contribution in [3.63, 3.8) is 0 Å². The maximum atomic E-state index is 11.4. The Balaban J connectivity index is 0.00000117. The number of benzene rings is 2. The van der Waals surface area contributed by atoms with Gasteiger partial charge in [-0.05, 0) is 29.8 Å². The number of hydrogen-bond donors (Lipinski definition) is 0. The molecule has 0 bridgehead atoms. The Kier molecular flexibility index (Phi) is 7.29. The number of nitrogens with zero attached hydrogens (tertiary/aromatic N) is 3. The monoisotopic (exact) mass is 369 g/mol. The molecule has 1 heterocycles. The first-order chi connectivity index (χ1) is 12.6. The number of aromatic nitrogens is 1. The van der Waals surface area contributed by atoms with Gasteiger partial charge in [-0.15, -0.1) is 13.2 Å². The number of oxazole rings is 1. The Bertz CT molecular complexity index is 854. The van der Waals surface area contributed by atoms with E-state index >= 15 is 0 Å². The summed E-state index contributed by atoms with van der Waals surface area (Å²) in [4.78, 5) is 5.25. The van der Waals surface area contributed by atoms with Gasteiger partial charge in [0.2, 0.25) is 5.89 Å². The highest BCUT2D eigenvalue weighted by atomic mass is 32.2. The van der Waals surface area contributed by atoms with Gasteiger partial charge in [0.05, 0.1) is 13.0 Å². The van der Waals surface area contributed by atoms with Gasteiger partial charge in [0.1, 0.15) is 5.52 Å². The van der Waals surface area contributed by atoms with E-state index in [4.69, 9.17) is 4.42 Å². The molecule has 0 aliphatic carbocycles. The molecule has 0 spiro atoms. The van der Waals surface area contributed by atoms with Gasteiger partial charge in [-0.2, -0.15) is 5.10 Å². The van der Waals surface area contributed by atoms with E-state index in [0.717, 1.165) is 21.6 Å². The highest BCUT2D eigenvalue weighted by molar-refractivity contribution is 7.84. The van der Waals surface area contributed by atoms with Crippen LogP contribution in [0.2, 0.25) is 0 Å². The normalized spacial score (nSPS) is 11.9. The lowest BCUT2D eigenvalue weighted by molar-refractivity contribution is 0.347. The van der Waals surface area contributed by atoms with Crippen LogP contribution >= 0.6 is 0 Å². The lowest BCUT2D eigenvalue weighted by Gasteiger charge is -2.12. The first-order valence-electron chi connectivity index (χ1n) is 8.12. The summed E-state index contributed by atoms with van der Waals surface area (Å²) in [6.45, 7) is 6.68. The fraction of sp³-hybridized carbons (Fsp3) is 0.200. The van der Waals surface area contributed by atoms with Crippen LogP contribution in [0.3, 0.4) is 0 Å². The fourth-order valence-corrected chi connectivity index (χ4v) is 2.88. The molecule has 136 valence electrons. The van der Waals surface area contributed by atoms with E-state index in [1.54, 1.807) is 12.5 Å². The quantitative estimate of drug-likeness (QED) is 0.374. The van der Waals surface area contributed by atoms with Crippen LogP contribution in [-0.2, 0) is 23.8 Å². The van der Waals surface area contributed by atoms with Crippen molar-refractivity contribution in [2.75, 3.05) is 13.3 Å². The van der Waals surface area contributed by atoms with Crippen molar-refractivity contribution in [3.8, 4) is 0 Å². The maximum Gasteiger partial charge on any atom is 0.200 e. The zero-order chi connectivity index (χ0) is 18.9. The van der Waals surface area contributed by atoms with Crippen LogP contribution in [0.5, 0.6) is 0 Å². The topological polar surface area (TPSA) is 58.7 Å². The molecular formula is C20H23N3O2S. The van der Waals surface area contributed by atoms with Crippen LogP contribution in [0.25, 0.3) is 11.1 Å². The van der Waals surface area contributed by atoms with Crippen molar-refractivity contribution in [1.29, 1.82) is 0 Å². The molecule has 0 saturated heterocycles. The summed E-state index contributed by atoms with van der Waals surface area (Å²) >= 11 is 0. The lowest BCUT2D eigenvalue weighted by atomic mass is 10.2. The molecule has 0 aliphatic rings. The number of hydrogen-bond acceptors (Lipinski definition) is 5. The maximum absolute atomic E-state index is 11.4. The first kappa shape index (κ1) is 19.6. The van der Waals surface area contributed by atoms with Crippen molar-refractivity contribution >= 4 is 28.1 Å². The third-order valence-corrected chi connectivity index (χ3v) is 4.49. The molecule has 1 aromatic heterocycles. The highest BCUT2D eigenvalue weighted by Crippen LogP contribution is 2.14. The second kappa shape index (κ2) is 9.68. The molecule has 0 aliphatic heterocycles. The van der Waals surface area contributed by atoms with Gasteiger partial charge < -0.3 is 4.42 Å². The van der Waals surface area contributed by atoms with Gasteiger partial charge in [-0.1, -0.05) is 24.3 Å². The van der Waals surface area contributed by atoms with Gasteiger partial charge in [-0.3, -0.25) is 9.22 Å². The molecule has 2 aromatic carbocycles. The molecule has 3 aromatic rings. The first-order valence-corrected chi connectivity index (χ1v) is 9.68. The largest absolute Gasteiger partial charge is 0.440 e. The standard InChI is InChI=1S/C18H19N3O2S.C2H4/c1-21(13-14-7-9-15(10-8-14)24(2)22)19-12-11-18-20-16-5-3-4-6-17(16)23-18;1-2/h3-10,12H,11,13H2,1-2H3;1-2H2/b19-12-;. The second-order valence-electron chi connectivity index (χ2n) is 5.49. The summed E-state index contributed by atoms with van der Waals surface area (Å²) in [6.07, 6.45) is 4.02. The average molecular weight is 369 g/mol. The van der Waals surface area contributed by atoms with Crippen LogP contribution in [0.15, 0.2) is 76.1 Å². The molecule has 26 heavy (non-hydrogen) atoms. The Labute approximate surface area is 156 Å². The van der Waals surface area contributed by atoms with E-state index in [9.17, 15) is 4.21 Å². The Morgan fingerprint density at radius 3 is 2.54 bits per heavy atom. The minimum Gasteiger partial charge on any atom is -0.440 e. The molecule has 0 radical (unpaired) electrons. The SMILES string of the molecule is C=C.CN(Cc1ccc(S(C)=O)cc1)/N=C\Cc1nc2ccccc2o1. The van der Waals surface area contributed by atoms with Crippen molar-refractivity contribution in [2.45, 2.75) is 17.9 Å². The van der Waals surface area contributed by atoms with E-state index in [0.29, 0.717) is 18.9 Å². The van der Waals surface area contributed by atoms with Crippen molar-refractivity contribution in [1.82, 2.24) is 9.99 Å². The summed E-state index contributed by atoms with van der Waals surface area (Å²) in [7, 11) is 0.968. The summed E-state index contributed by atoms with van der Waals surface area (Å²) < 4.78 is 17.0. The van der Waals surface area contributed by atoms with Crippen LogP contribution in [0.1, 0.15) is 11.5 Å². The zero-order valence-electron chi connectivity index (χ0n) is 15.1. The Hall–Kier alpha value is -2.73. The minimum absolute atomic E-state index is 0.548. The lowest BCUT2D eigenvalue weighted by Crippen LogP contribution is -2.11. The number of hydrazone groups is 1. The van der Waals surface area contributed by atoms with Crippen molar-refractivity contribution in [3.05, 3.63) is 73.1 Å². The number of fused-ring (bicyclic) bond motifs is 1. The van der Waals surface area contributed by atoms with E-state index in [1.165, 1.54) is 0 Å². The van der Waals surface area contributed by atoms with Crippen LogP contribution < -0.4 is 0 Å². The molecule has 5 nitrogen and oxygen atoms in total. The summed E-state index contributed by atoms with van der Waals surface area (Å²) in [6, 6.07) is 15.4. The predicted octanol–water partition coefficient (Wildman–Crippen LogP) is 4.03. The smallest absolute Gasteiger partial charge is 0.200 e. The summed E-state index contributed by atoms with van der Waals surface area (Å²) in [5, 5.41) is 6.24. The average Bonchev–Trinajstić information content (AvgIpc) is 3.06. The predicted molar refractivity (Wildman–Crippen MR) is 108 cm³/mol. The molecular weight excluding hydrogens is 346 g/mol. The van der Waals surface area contributed by atoms with E-state index < -0.39 is 10.8 Å². The zero-order valence-corrected chi connectivity index (χ0v) is 15.9. The number of para-hydroxylation sites is 2. The molecule has 0 fully saturated rings. The van der Waals surface area contributed by atoms with Crippen LogP contribution in [0, 0.1) is 0 Å². The third-order valence-electron chi connectivity index (χ3n) is 3.55. The van der Waals surface area contributed by atoms with Gasteiger partial charge in [0.15, 0.2) is 5.58 Å². The molecule has 3 rings (SSSR count).